The predicted molar refractivity (Wildman–Crippen MR) is 57.3 cm³/mol. The van der Waals surface area contributed by atoms with E-state index in [0.717, 1.165) is 0 Å². The molecule has 0 amide bonds. The fourth-order valence-electron chi connectivity index (χ4n) is 1.20. The van der Waals surface area contributed by atoms with Crippen LogP contribution in [-0.4, -0.2) is 9.55 Å². The van der Waals surface area contributed by atoms with E-state index in [0.29, 0.717) is 6.04 Å². The first-order valence-electron chi connectivity index (χ1n) is 3.86. The van der Waals surface area contributed by atoms with Crippen LogP contribution in [0.25, 0.3) is 0 Å². The van der Waals surface area contributed by atoms with Gasteiger partial charge in [0.15, 0.2) is 0 Å². The van der Waals surface area contributed by atoms with Gasteiger partial charge in [0, 0.05) is 18.4 Å². The number of hydrogen-bond acceptors (Lipinski definition) is 1. The molecule has 1 aromatic heterocycles. The summed E-state index contributed by atoms with van der Waals surface area (Å²) in [5.74, 6) is 0. The quantitative estimate of drug-likeness (QED) is 0.769. The molecule has 0 spiro atoms. The summed E-state index contributed by atoms with van der Waals surface area (Å²) in [5, 5.41) is 0. The number of aromatic nitrogens is 2. The van der Waals surface area contributed by atoms with Crippen LogP contribution in [0.5, 0.6) is 0 Å². The Kier molecular flexibility index (Phi) is 5.54. The predicted octanol–water partition coefficient (Wildman–Crippen LogP) is 2.86. The van der Waals surface area contributed by atoms with Gasteiger partial charge < -0.3 is 4.57 Å². The van der Waals surface area contributed by atoms with Gasteiger partial charge in [-0.15, -0.1) is 24.0 Å². The van der Waals surface area contributed by atoms with Crippen LogP contribution in [-0.2, 0) is 0 Å². The molecule has 0 atom stereocenters. The van der Waals surface area contributed by atoms with Gasteiger partial charge in [-0.25, -0.2) is 4.98 Å². The van der Waals surface area contributed by atoms with Gasteiger partial charge in [0.25, 0.3) is 0 Å². The Morgan fingerprint density at radius 2 is 2.00 bits per heavy atom. The Labute approximate surface area is 85.0 Å². The minimum absolute atomic E-state index is 0. The van der Waals surface area contributed by atoms with Crippen LogP contribution in [0.3, 0.4) is 0 Å². The molecule has 0 N–H and O–H groups in total. The smallest absolute Gasteiger partial charge is 0.0948 e. The molecule has 1 aromatic rings. The van der Waals surface area contributed by atoms with E-state index in [9.17, 15) is 0 Å². The first kappa shape index (κ1) is 10.9. The second-order valence-electron chi connectivity index (χ2n) is 2.48. The molecule has 1 rings (SSSR count). The zero-order chi connectivity index (χ0) is 7.40. The van der Waals surface area contributed by atoms with Crippen molar-refractivity contribution in [3.63, 3.8) is 0 Å². The highest BCUT2D eigenvalue weighted by atomic mass is 127. The van der Waals surface area contributed by atoms with E-state index in [1.165, 1.54) is 12.8 Å². The van der Waals surface area contributed by atoms with Gasteiger partial charge in [-0.2, -0.15) is 0 Å². The maximum absolute atomic E-state index is 4.00. The number of rotatable bonds is 3. The van der Waals surface area contributed by atoms with Crippen LogP contribution in [0.2, 0.25) is 0 Å². The van der Waals surface area contributed by atoms with Crippen LogP contribution in [0, 0.1) is 0 Å². The summed E-state index contributed by atoms with van der Waals surface area (Å²) >= 11 is 0. The van der Waals surface area contributed by atoms with Crippen LogP contribution in [0.4, 0.5) is 0 Å². The molecule has 3 heteroatoms. The van der Waals surface area contributed by atoms with Crippen LogP contribution in [0.1, 0.15) is 32.7 Å². The molecule has 64 valence electrons. The largest absolute Gasteiger partial charge is 0.334 e. The lowest BCUT2D eigenvalue weighted by Gasteiger charge is -2.12. The summed E-state index contributed by atoms with van der Waals surface area (Å²) in [6.45, 7) is 4.41. The van der Waals surface area contributed by atoms with Crippen molar-refractivity contribution in [1.29, 1.82) is 0 Å². The Hall–Kier alpha value is -0.0600. The fraction of sp³-hybridized carbons (Fsp3) is 0.625. The second kappa shape index (κ2) is 5.57. The molecule has 0 bridgehead atoms. The summed E-state index contributed by atoms with van der Waals surface area (Å²) in [5.41, 5.74) is 0. The van der Waals surface area contributed by atoms with Crippen LogP contribution in [0.15, 0.2) is 18.7 Å². The highest BCUT2D eigenvalue weighted by molar-refractivity contribution is 14.0. The Morgan fingerprint density at radius 1 is 1.36 bits per heavy atom. The van der Waals surface area contributed by atoms with Gasteiger partial charge >= 0.3 is 0 Å². The van der Waals surface area contributed by atoms with Crippen molar-refractivity contribution in [1.82, 2.24) is 9.55 Å². The van der Waals surface area contributed by atoms with Gasteiger partial charge in [0.1, 0.15) is 0 Å². The minimum atomic E-state index is 0. The molecule has 11 heavy (non-hydrogen) atoms. The molecule has 0 aliphatic carbocycles. The highest BCUT2D eigenvalue weighted by Gasteiger charge is 2.02. The fourth-order valence-corrected chi connectivity index (χ4v) is 1.20. The van der Waals surface area contributed by atoms with Gasteiger partial charge in [0.05, 0.1) is 6.33 Å². The number of halogens is 1. The van der Waals surface area contributed by atoms with Crippen molar-refractivity contribution in [2.45, 2.75) is 32.7 Å². The molecule has 0 saturated heterocycles. The molecular weight excluding hydrogens is 251 g/mol. The van der Waals surface area contributed by atoms with E-state index in [-0.39, 0.29) is 24.0 Å². The molecule has 2 nitrogen and oxygen atoms in total. The third-order valence-corrected chi connectivity index (χ3v) is 1.89. The molecule has 0 radical (unpaired) electrons. The van der Waals surface area contributed by atoms with E-state index in [1.54, 1.807) is 0 Å². The van der Waals surface area contributed by atoms with Gasteiger partial charge in [0.2, 0.25) is 0 Å². The normalized spacial score (nSPS) is 9.73. The zero-order valence-corrected chi connectivity index (χ0v) is 9.36. The van der Waals surface area contributed by atoms with Gasteiger partial charge in [-0.1, -0.05) is 13.8 Å². The van der Waals surface area contributed by atoms with Crippen LogP contribution < -0.4 is 0 Å². The Balaban J connectivity index is 0.000001000. The lowest BCUT2D eigenvalue weighted by atomic mass is 10.2. The van der Waals surface area contributed by atoms with Crippen LogP contribution >= 0.6 is 24.0 Å². The van der Waals surface area contributed by atoms with Crippen molar-refractivity contribution >= 4 is 24.0 Å². The molecular formula is C8H15IN2. The van der Waals surface area contributed by atoms with Crippen molar-refractivity contribution in [2.24, 2.45) is 0 Å². The number of nitrogens with zero attached hydrogens (tertiary/aromatic N) is 2. The summed E-state index contributed by atoms with van der Waals surface area (Å²) in [7, 11) is 0. The maximum Gasteiger partial charge on any atom is 0.0948 e. The SMILES string of the molecule is CCC(CC)n1ccnc1.I. The highest BCUT2D eigenvalue weighted by Crippen LogP contribution is 2.13. The van der Waals surface area contributed by atoms with Gasteiger partial charge in [-0.05, 0) is 12.8 Å². The van der Waals surface area contributed by atoms with Gasteiger partial charge in [-0.3, -0.25) is 0 Å². The average molecular weight is 266 g/mol. The van der Waals surface area contributed by atoms with E-state index in [4.69, 9.17) is 0 Å². The number of imidazole rings is 1. The first-order chi connectivity index (χ1) is 4.88. The van der Waals surface area contributed by atoms with Crippen molar-refractivity contribution in [3.05, 3.63) is 18.7 Å². The Bertz CT molecular complexity index is 168. The molecule has 0 aromatic carbocycles. The Morgan fingerprint density at radius 3 is 2.36 bits per heavy atom. The minimum Gasteiger partial charge on any atom is -0.334 e. The van der Waals surface area contributed by atoms with E-state index in [1.807, 2.05) is 18.7 Å². The molecule has 0 aliphatic heterocycles. The van der Waals surface area contributed by atoms with E-state index in [2.05, 4.69) is 23.4 Å². The van der Waals surface area contributed by atoms with E-state index < -0.39 is 0 Å². The summed E-state index contributed by atoms with van der Waals surface area (Å²) in [6, 6.07) is 0.641. The molecule has 0 unspecified atom stereocenters. The number of hydrogen-bond donors (Lipinski definition) is 0. The lowest BCUT2D eigenvalue weighted by molar-refractivity contribution is 0.471. The van der Waals surface area contributed by atoms with Crippen molar-refractivity contribution in [3.8, 4) is 0 Å². The first-order valence-corrected chi connectivity index (χ1v) is 3.86. The second-order valence-corrected chi connectivity index (χ2v) is 2.48. The summed E-state index contributed by atoms with van der Waals surface area (Å²) < 4.78 is 2.17. The lowest BCUT2D eigenvalue weighted by Crippen LogP contribution is -2.03. The zero-order valence-electron chi connectivity index (χ0n) is 7.03. The third-order valence-electron chi connectivity index (χ3n) is 1.89. The molecule has 1 heterocycles. The standard InChI is InChI=1S/C8H14N2.HI/c1-3-8(4-2)10-6-5-9-7-10;/h5-8H,3-4H2,1-2H3;1H. The van der Waals surface area contributed by atoms with E-state index >= 15 is 0 Å². The molecule has 0 fully saturated rings. The summed E-state index contributed by atoms with van der Waals surface area (Å²) in [4.78, 5) is 4.00. The monoisotopic (exact) mass is 266 g/mol. The topological polar surface area (TPSA) is 17.8 Å². The molecule has 0 aliphatic rings. The average Bonchev–Trinajstić information content (AvgIpc) is 2.43. The third kappa shape index (κ3) is 2.81. The summed E-state index contributed by atoms with van der Waals surface area (Å²) in [6.07, 6.45) is 8.12. The maximum atomic E-state index is 4.00. The molecule has 0 saturated carbocycles. The van der Waals surface area contributed by atoms with Crippen molar-refractivity contribution in [2.75, 3.05) is 0 Å². The van der Waals surface area contributed by atoms with Crippen molar-refractivity contribution < 1.29 is 0 Å².